The van der Waals surface area contributed by atoms with E-state index in [0.717, 1.165) is 32.5 Å². The number of rotatable bonds is 4. The van der Waals surface area contributed by atoms with Crippen LogP contribution in [0, 0.1) is 5.92 Å². The fourth-order valence-corrected chi connectivity index (χ4v) is 4.54. The van der Waals surface area contributed by atoms with Gasteiger partial charge in [-0.15, -0.1) is 0 Å². The van der Waals surface area contributed by atoms with Crippen LogP contribution in [-0.2, 0) is 6.54 Å². The van der Waals surface area contributed by atoms with Crippen LogP contribution in [0.5, 0.6) is 0 Å². The Morgan fingerprint density at radius 2 is 1.96 bits per heavy atom. The van der Waals surface area contributed by atoms with E-state index < -0.39 is 0 Å². The van der Waals surface area contributed by atoms with Crippen molar-refractivity contribution in [2.24, 2.45) is 5.92 Å². The molecule has 0 aliphatic carbocycles. The molecule has 0 saturated carbocycles. The van der Waals surface area contributed by atoms with E-state index >= 15 is 0 Å². The highest BCUT2D eigenvalue weighted by molar-refractivity contribution is 5.84. The second kappa shape index (κ2) is 7.81. The highest BCUT2D eigenvalue weighted by Crippen LogP contribution is 2.25. The molecule has 134 valence electrons. The van der Waals surface area contributed by atoms with Crippen LogP contribution in [0.4, 0.5) is 0 Å². The lowest BCUT2D eigenvalue weighted by molar-refractivity contribution is 0.0545. The standard InChI is InChI=1S/C21H29N3O/c25-16-17-7-11-24(12-8-17)20-5-2-10-23(15-20)14-19-4-1-3-18-13-22-9-6-21(18)19/h1,3-4,6,9,13,17,20,25H,2,5,7-8,10-12,14-16H2. The smallest absolute Gasteiger partial charge is 0.0460 e. The van der Waals surface area contributed by atoms with E-state index in [2.05, 4.69) is 39.0 Å². The van der Waals surface area contributed by atoms with Crippen molar-refractivity contribution in [1.29, 1.82) is 0 Å². The van der Waals surface area contributed by atoms with Gasteiger partial charge in [-0.25, -0.2) is 0 Å². The molecule has 1 unspecified atom stereocenters. The van der Waals surface area contributed by atoms with Crippen molar-refractivity contribution < 1.29 is 5.11 Å². The topological polar surface area (TPSA) is 39.6 Å². The van der Waals surface area contributed by atoms with Crippen LogP contribution in [0.25, 0.3) is 10.8 Å². The second-order valence-corrected chi connectivity index (χ2v) is 7.71. The molecular weight excluding hydrogens is 310 g/mol. The summed E-state index contributed by atoms with van der Waals surface area (Å²) in [6.07, 6.45) is 8.78. The number of likely N-dealkylation sites (tertiary alicyclic amines) is 2. The predicted octanol–water partition coefficient (Wildman–Crippen LogP) is 2.90. The monoisotopic (exact) mass is 339 g/mol. The molecule has 3 heterocycles. The Morgan fingerprint density at radius 1 is 1.08 bits per heavy atom. The number of piperidine rings is 2. The molecule has 0 radical (unpaired) electrons. The van der Waals surface area contributed by atoms with Crippen molar-refractivity contribution in [2.75, 3.05) is 32.8 Å². The average Bonchev–Trinajstić information content (AvgIpc) is 2.69. The summed E-state index contributed by atoms with van der Waals surface area (Å²) in [5.74, 6) is 0.528. The molecule has 4 nitrogen and oxygen atoms in total. The first-order chi connectivity index (χ1) is 12.3. The van der Waals surface area contributed by atoms with Gasteiger partial charge in [0, 0.05) is 43.5 Å². The van der Waals surface area contributed by atoms with Gasteiger partial charge in [0.2, 0.25) is 0 Å². The number of fused-ring (bicyclic) bond motifs is 1. The summed E-state index contributed by atoms with van der Waals surface area (Å²) >= 11 is 0. The molecule has 1 N–H and O–H groups in total. The van der Waals surface area contributed by atoms with Gasteiger partial charge < -0.3 is 5.11 Å². The summed E-state index contributed by atoms with van der Waals surface area (Å²) in [5, 5.41) is 11.9. The number of aliphatic hydroxyl groups is 1. The molecule has 2 saturated heterocycles. The van der Waals surface area contributed by atoms with Gasteiger partial charge in [0.1, 0.15) is 0 Å². The molecule has 1 aromatic carbocycles. The summed E-state index contributed by atoms with van der Waals surface area (Å²) in [6.45, 7) is 6.08. The number of aliphatic hydroxyl groups excluding tert-OH is 1. The van der Waals surface area contributed by atoms with Crippen molar-refractivity contribution in [3.05, 3.63) is 42.2 Å². The quantitative estimate of drug-likeness (QED) is 0.930. The molecule has 2 aliphatic heterocycles. The zero-order valence-corrected chi connectivity index (χ0v) is 15.0. The minimum absolute atomic E-state index is 0.362. The van der Waals surface area contributed by atoms with Gasteiger partial charge in [-0.3, -0.25) is 14.8 Å². The van der Waals surface area contributed by atoms with Gasteiger partial charge >= 0.3 is 0 Å². The summed E-state index contributed by atoms with van der Waals surface area (Å²) < 4.78 is 0. The van der Waals surface area contributed by atoms with Gasteiger partial charge in [-0.2, -0.15) is 0 Å². The summed E-state index contributed by atoms with van der Waals surface area (Å²) in [5.41, 5.74) is 1.42. The van der Waals surface area contributed by atoms with Crippen LogP contribution in [0.2, 0.25) is 0 Å². The SMILES string of the molecule is OCC1CCN(C2CCCN(Cc3cccc4cnccc34)C2)CC1. The largest absolute Gasteiger partial charge is 0.396 e. The molecule has 2 fully saturated rings. The Bertz CT molecular complexity index is 691. The minimum atomic E-state index is 0.362. The van der Waals surface area contributed by atoms with Crippen LogP contribution < -0.4 is 0 Å². The lowest BCUT2D eigenvalue weighted by Crippen LogP contribution is -2.50. The molecule has 1 atom stereocenters. The van der Waals surface area contributed by atoms with Gasteiger partial charge in [0.05, 0.1) is 0 Å². The maximum absolute atomic E-state index is 9.35. The minimum Gasteiger partial charge on any atom is -0.396 e. The molecule has 0 amide bonds. The van der Waals surface area contributed by atoms with Gasteiger partial charge in [-0.05, 0) is 68.3 Å². The van der Waals surface area contributed by atoms with Crippen molar-refractivity contribution in [3.8, 4) is 0 Å². The highest BCUT2D eigenvalue weighted by Gasteiger charge is 2.28. The highest BCUT2D eigenvalue weighted by atomic mass is 16.3. The molecular formula is C21H29N3O. The Morgan fingerprint density at radius 3 is 2.80 bits per heavy atom. The van der Waals surface area contributed by atoms with Crippen LogP contribution in [0.1, 0.15) is 31.2 Å². The van der Waals surface area contributed by atoms with E-state index in [1.807, 2.05) is 12.4 Å². The van der Waals surface area contributed by atoms with Crippen molar-refractivity contribution in [2.45, 2.75) is 38.3 Å². The van der Waals surface area contributed by atoms with Gasteiger partial charge in [0.15, 0.2) is 0 Å². The predicted molar refractivity (Wildman–Crippen MR) is 101 cm³/mol. The van der Waals surface area contributed by atoms with Crippen molar-refractivity contribution in [1.82, 2.24) is 14.8 Å². The summed E-state index contributed by atoms with van der Waals surface area (Å²) in [6, 6.07) is 9.39. The lowest BCUT2D eigenvalue weighted by atomic mass is 9.94. The van der Waals surface area contributed by atoms with Crippen LogP contribution >= 0.6 is 0 Å². The normalized spacial score (nSPS) is 24.0. The maximum atomic E-state index is 9.35. The van der Waals surface area contributed by atoms with E-state index in [4.69, 9.17) is 0 Å². The Hall–Kier alpha value is -1.49. The molecule has 4 heteroatoms. The third-order valence-corrected chi connectivity index (χ3v) is 6.07. The fraction of sp³-hybridized carbons (Fsp3) is 0.571. The van der Waals surface area contributed by atoms with E-state index in [1.54, 1.807) is 0 Å². The molecule has 1 aromatic heterocycles. The lowest BCUT2D eigenvalue weighted by Gasteiger charge is -2.42. The Labute approximate surface area is 150 Å². The first-order valence-electron chi connectivity index (χ1n) is 9.72. The first kappa shape index (κ1) is 17.0. The van der Waals surface area contributed by atoms with Crippen LogP contribution in [-0.4, -0.2) is 58.7 Å². The second-order valence-electron chi connectivity index (χ2n) is 7.71. The van der Waals surface area contributed by atoms with E-state index in [-0.39, 0.29) is 0 Å². The van der Waals surface area contributed by atoms with Crippen LogP contribution in [0.15, 0.2) is 36.7 Å². The first-order valence-corrected chi connectivity index (χ1v) is 9.72. The zero-order chi connectivity index (χ0) is 17.1. The number of nitrogens with zero attached hydrogens (tertiary/aromatic N) is 3. The van der Waals surface area contributed by atoms with E-state index in [1.165, 1.54) is 42.3 Å². The molecule has 4 rings (SSSR count). The Balaban J connectivity index is 1.41. The van der Waals surface area contributed by atoms with Crippen molar-refractivity contribution >= 4 is 10.8 Å². The van der Waals surface area contributed by atoms with Crippen molar-refractivity contribution in [3.63, 3.8) is 0 Å². The molecule has 2 aliphatic rings. The third-order valence-electron chi connectivity index (χ3n) is 6.07. The fourth-order valence-electron chi connectivity index (χ4n) is 4.54. The number of hydrogen-bond donors (Lipinski definition) is 1. The maximum Gasteiger partial charge on any atom is 0.0460 e. The Kier molecular flexibility index (Phi) is 5.30. The zero-order valence-electron chi connectivity index (χ0n) is 15.0. The van der Waals surface area contributed by atoms with Crippen LogP contribution in [0.3, 0.4) is 0 Å². The number of benzene rings is 1. The number of pyridine rings is 1. The summed E-state index contributed by atoms with van der Waals surface area (Å²) in [7, 11) is 0. The van der Waals surface area contributed by atoms with E-state index in [0.29, 0.717) is 18.6 Å². The number of aromatic nitrogens is 1. The van der Waals surface area contributed by atoms with Gasteiger partial charge in [-0.1, -0.05) is 18.2 Å². The van der Waals surface area contributed by atoms with E-state index in [9.17, 15) is 5.11 Å². The average molecular weight is 339 g/mol. The molecule has 0 spiro atoms. The molecule has 25 heavy (non-hydrogen) atoms. The summed E-state index contributed by atoms with van der Waals surface area (Å²) in [4.78, 5) is 9.55. The molecule has 2 aromatic rings. The number of hydrogen-bond acceptors (Lipinski definition) is 4. The third kappa shape index (κ3) is 3.86. The molecule has 0 bridgehead atoms. The van der Waals surface area contributed by atoms with Gasteiger partial charge in [0.25, 0.3) is 0 Å².